The van der Waals surface area contributed by atoms with Crippen molar-refractivity contribution >= 4 is 5.97 Å². The van der Waals surface area contributed by atoms with E-state index in [0.717, 1.165) is 12.1 Å². The molecule has 0 aliphatic rings. The van der Waals surface area contributed by atoms with Crippen LogP contribution in [0.1, 0.15) is 19.2 Å². The van der Waals surface area contributed by atoms with E-state index in [4.69, 9.17) is 9.63 Å². The first kappa shape index (κ1) is 14.2. The molecule has 0 spiro atoms. The molecule has 0 aliphatic heterocycles. The fourth-order valence-electron chi connectivity index (χ4n) is 1.82. The van der Waals surface area contributed by atoms with Gasteiger partial charge in [0.25, 0.3) is 0 Å². The molecule has 20 heavy (non-hydrogen) atoms. The number of hydrogen-bond acceptors (Lipinski definition) is 5. The number of carbonyl (C=O) groups is 1. The molecule has 106 valence electrons. The van der Waals surface area contributed by atoms with Gasteiger partial charge in [0.15, 0.2) is 0 Å². The van der Waals surface area contributed by atoms with Crippen molar-refractivity contribution < 1.29 is 14.4 Å². The van der Waals surface area contributed by atoms with E-state index in [9.17, 15) is 4.79 Å². The van der Waals surface area contributed by atoms with Gasteiger partial charge in [0.1, 0.15) is 0 Å². The van der Waals surface area contributed by atoms with Crippen LogP contribution in [0.15, 0.2) is 34.9 Å². The molecule has 1 aromatic carbocycles. The molecule has 0 radical (unpaired) electrons. The Morgan fingerprint density at radius 1 is 1.35 bits per heavy atom. The predicted octanol–water partition coefficient (Wildman–Crippen LogP) is 2.03. The first-order valence-electron chi connectivity index (χ1n) is 6.51. The summed E-state index contributed by atoms with van der Waals surface area (Å²) in [6.07, 6.45) is 0.105. The van der Waals surface area contributed by atoms with Crippen LogP contribution in [0.25, 0.3) is 11.4 Å². The van der Waals surface area contributed by atoms with Gasteiger partial charge in [-0.1, -0.05) is 42.4 Å². The van der Waals surface area contributed by atoms with Gasteiger partial charge in [-0.05, 0) is 6.54 Å². The maximum atomic E-state index is 10.6. The van der Waals surface area contributed by atoms with Crippen LogP contribution in [-0.2, 0) is 11.3 Å². The number of carboxylic acid groups (broad SMARTS) is 1. The van der Waals surface area contributed by atoms with Crippen molar-refractivity contribution in [2.24, 2.45) is 0 Å². The summed E-state index contributed by atoms with van der Waals surface area (Å²) in [5, 5.41) is 12.6. The van der Waals surface area contributed by atoms with Gasteiger partial charge in [0.05, 0.1) is 13.0 Å². The van der Waals surface area contributed by atoms with Crippen molar-refractivity contribution in [3.8, 4) is 11.4 Å². The summed E-state index contributed by atoms with van der Waals surface area (Å²) in [5.41, 5.74) is 0.899. The Morgan fingerprint density at radius 3 is 2.75 bits per heavy atom. The smallest absolute Gasteiger partial charge is 0.304 e. The van der Waals surface area contributed by atoms with Crippen molar-refractivity contribution in [3.05, 3.63) is 36.2 Å². The molecule has 0 amide bonds. The molecule has 1 heterocycles. The molecule has 0 atom stereocenters. The van der Waals surface area contributed by atoms with E-state index >= 15 is 0 Å². The number of hydrogen-bond donors (Lipinski definition) is 1. The van der Waals surface area contributed by atoms with Crippen molar-refractivity contribution in [1.82, 2.24) is 15.0 Å². The van der Waals surface area contributed by atoms with Gasteiger partial charge in [0, 0.05) is 12.1 Å². The molecule has 0 saturated carbocycles. The minimum absolute atomic E-state index is 0.105. The molecule has 2 aromatic rings. The van der Waals surface area contributed by atoms with Crippen LogP contribution in [0.3, 0.4) is 0 Å². The SMILES string of the molecule is CCN(CCC(=O)O)Cc1nc(-c2ccccc2)no1. The zero-order valence-corrected chi connectivity index (χ0v) is 11.3. The maximum Gasteiger partial charge on any atom is 0.304 e. The minimum atomic E-state index is -0.807. The third-order valence-electron chi connectivity index (χ3n) is 2.95. The molecule has 0 aliphatic carbocycles. The van der Waals surface area contributed by atoms with Gasteiger partial charge in [0.2, 0.25) is 11.7 Å². The first-order valence-corrected chi connectivity index (χ1v) is 6.51. The summed E-state index contributed by atoms with van der Waals surface area (Å²) in [7, 11) is 0. The van der Waals surface area contributed by atoms with Gasteiger partial charge in [-0.15, -0.1) is 0 Å². The minimum Gasteiger partial charge on any atom is -0.481 e. The highest BCUT2D eigenvalue weighted by Crippen LogP contribution is 2.15. The average molecular weight is 275 g/mol. The molecule has 2 rings (SSSR count). The quantitative estimate of drug-likeness (QED) is 0.833. The zero-order valence-electron chi connectivity index (χ0n) is 11.3. The van der Waals surface area contributed by atoms with Gasteiger partial charge in [-0.25, -0.2) is 0 Å². The molecule has 0 unspecified atom stereocenters. The Balaban J connectivity index is 2.00. The van der Waals surface area contributed by atoms with Crippen molar-refractivity contribution in [3.63, 3.8) is 0 Å². The van der Waals surface area contributed by atoms with Crippen molar-refractivity contribution in [1.29, 1.82) is 0 Å². The molecule has 0 bridgehead atoms. The highest BCUT2D eigenvalue weighted by molar-refractivity contribution is 5.66. The number of rotatable bonds is 7. The Hall–Kier alpha value is -2.21. The Morgan fingerprint density at radius 2 is 2.10 bits per heavy atom. The Labute approximate surface area is 117 Å². The molecular weight excluding hydrogens is 258 g/mol. The second-order valence-electron chi connectivity index (χ2n) is 4.39. The lowest BCUT2D eigenvalue weighted by Gasteiger charge is -2.16. The third-order valence-corrected chi connectivity index (χ3v) is 2.95. The molecule has 0 saturated heterocycles. The van der Waals surface area contributed by atoms with E-state index in [1.165, 1.54) is 0 Å². The van der Waals surface area contributed by atoms with Gasteiger partial charge < -0.3 is 9.63 Å². The van der Waals surface area contributed by atoms with Gasteiger partial charge in [-0.2, -0.15) is 4.98 Å². The number of aromatic nitrogens is 2. The second kappa shape index (κ2) is 6.81. The molecule has 6 heteroatoms. The van der Waals surface area contributed by atoms with Gasteiger partial charge in [-0.3, -0.25) is 9.69 Å². The van der Waals surface area contributed by atoms with Crippen LogP contribution >= 0.6 is 0 Å². The summed E-state index contributed by atoms with van der Waals surface area (Å²) >= 11 is 0. The highest BCUT2D eigenvalue weighted by atomic mass is 16.5. The average Bonchev–Trinajstić information content (AvgIpc) is 2.92. The van der Waals surface area contributed by atoms with Crippen LogP contribution < -0.4 is 0 Å². The summed E-state index contributed by atoms with van der Waals surface area (Å²) in [6, 6.07) is 9.58. The number of carboxylic acids is 1. The summed E-state index contributed by atoms with van der Waals surface area (Å²) in [5.74, 6) is 0.241. The second-order valence-corrected chi connectivity index (χ2v) is 4.39. The van der Waals surface area contributed by atoms with Gasteiger partial charge >= 0.3 is 5.97 Å². The summed E-state index contributed by atoms with van der Waals surface area (Å²) in [4.78, 5) is 16.9. The molecule has 1 aromatic heterocycles. The highest BCUT2D eigenvalue weighted by Gasteiger charge is 2.12. The molecule has 0 fully saturated rings. The lowest BCUT2D eigenvalue weighted by Crippen LogP contribution is -2.25. The van der Waals surface area contributed by atoms with Crippen LogP contribution in [0, 0.1) is 0 Å². The van der Waals surface area contributed by atoms with Crippen molar-refractivity contribution in [2.45, 2.75) is 19.9 Å². The lowest BCUT2D eigenvalue weighted by atomic mass is 10.2. The molecule has 1 N–H and O–H groups in total. The number of nitrogens with zero attached hydrogens (tertiary/aromatic N) is 3. The Bertz CT molecular complexity index is 554. The fraction of sp³-hybridized carbons (Fsp3) is 0.357. The normalized spacial score (nSPS) is 10.9. The first-order chi connectivity index (χ1) is 9.69. The van der Waals surface area contributed by atoms with Crippen LogP contribution in [0.4, 0.5) is 0 Å². The van der Waals surface area contributed by atoms with Crippen LogP contribution in [0.5, 0.6) is 0 Å². The van der Waals surface area contributed by atoms with E-state index in [-0.39, 0.29) is 6.42 Å². The zero-order chi connectivity index (χ0) is 14.4. The van der Waals surface area contributed by atoms with Crippen LogP contribution in [-0.4, -0.2) is 39.2 Å². The van der Waals surface area contributed by atoms with E-state index in [1.54, 1.807) is 0 Å². The fourth-order valence-corrected chi connectivity index (χ4v) is 1.82. The van der Waals surface area contributed by atoms with E-state index in [0.29, 0.717) is 24.8 Å². The predicted molar refractivity (Wildman–Crippen MR) is 72.9 cm³/mol. The van der Waals surface area contributed by atoms with E-state index < -0.39 is 5.97 Å². The molecular formula is C14H17N3O3. The standard InChI is InChI=1S/C14H17N3O3/c1-2-17(9-8-13(18)19)10-12-15-14(16-20-12)11-6-4-3-5-7-11/h3-7H,2,8-10H2,1H3,(H,18,19). The number of aliphatic carboxylic acids is 1. The van der Waals surface area contributed by atoms with E-state index in [2.05, 4.69) is 10.1 Å². The maximum absolute atomic E-state index is 10.6. The summed E-state index contributed by atoms with van der Waals surface area (Å²) < 4.78 is 5.21. The number of benzene rings is 1. The summed E-state index contributed by atoms with van der Waals surface area (Å²) in [6.45, 7) is 3.63. The Kier molecular flexibility index (Phi) is 4.84. The van der Waals surface area contributed by atoms with Crippen LogP contribution in [0.2, 0.25) is 0 Å². The monoisotopic (exact) mass is 275 g/mol. The van der Waals surface area contributed by atoms with E-state index in [1.807, 2.05) is 42.2 Å². The largest absolute Gasteiger partial charge is 0.481 e. The third kappa shape index (κ3) is 3.89. The van der Waals surface area contributed by atoms with Crippen molar-refractivity contribution in [2.75, 3.05) is 13.1 Å². The lowest BCUT2D eigenvalue weighted by molar-refractivity contribution is -0.137. The molecule has 6 nitrogen and oxygen atoms in total. The topological polar surface area (TPSA) is 79.5 Å².